The highest BCUT2D eigenvalue weighted by Crippen LogP contribution is 2.36. The summed E-state index contributed by atoms with van der Waals surface area (Å²) in [6, 6.07) is 12.0. The largest absolute Gasteiger partial charge is 0.496 e. The van der Waals surface area contributed by atoms with E-state index < -0.39 is 0 Å². The molecular formula is C19H18N4O. The molecule has 1 aromatic heterocycles. The highest BCUT2D eigenvalue weighted by atomic mass is 16.5. The molecule has 0 N–H and O–H groups in total. The molecule has 0 saturated carbocycles. The van der Waals surface area contributed by atoms with E-state index >= 15 is 0 Å². The first-order chi connectivity index (χ1) is 11.8. The standard InChI is InChI=1S/C19H18N4O/c1-22-19(21-18-8-4-6-12-23(18)22)14-9-10-15(17(13-14)24-2)16-7-3-5-11-20-16/h3-13,19H,1-2H3. The van der Waals surface area contributed by atoms with Crippen LogP contribution in [0.4, 0.5) is 0 Å². The van der Waals surface area contributed by atoms with Gasteiger partial charge in [-0.05, 0) is 42.0 Å². The van der Waals surface area contributed by atoms with E-state index in [0.717, 1.165) is 28.4 Å². The van der Waals surface area contributed by atoms with Gasteiger partial charge < -0.3 is 4.74 Å². The van der Waals surface area contributed by atoms with Gasteiger partial charge in [0.05, 0.1) is 12.8 Å². The Balaban J connectivity index is 1.72. The van der Waals surface area contributed by atoms with Crippen LogP contribution in [-0.2, 0) is 0 Å². The molecule has 0 amide bonds. The SMILES string of the molecule is COc1cc(C2N=C3C=CC=CN3N2C)ccc1-c1ccccn1. The summed E-state index contributed by atoms with van der Waals surface area (Å²) in [5, 5.41) is 4.15. The van der Waals surface area contributed by atoms with E-state index in [1.54, 1.807) is 13.3 Å². The van der Waals surface area contributed by atoms with E-state index in [0.29, 0.717) is 0 Å². The van der Waals surface area contributed by atoms with Gasteiger partial charge in [0.15, 0.2) is 0 Å². The number of hydrogen-bond donors (Lipinski definition) is 0. The molecule has 2 aromatic rings. The molecule has 0 fully saturated rings. The van der Waals surface area contributed by atoms with Gasteiger partial charge in [0.2, 0.25) is 0 Å². The van der Waals surface area contributed by atoms with Gasteiger partial charge in [0, 0.05) is 25.0 Å². The van der Waals surface area contributed by atoms with E-state index in [1.807, 2.05) is 66.8 Å². The number of hydrazine groups is 1. The molecule has 3 heterocycles. The minimum Gasteiger partial charge on any atom is -0.496 e. The summed E-state index contributed by atoms with van der Waals surface area (Å²) in [5.74, 6) is 1.74. The molecule has 120 valence electrons. The van der Waals surface area contributed by atoms with Gasteiger partial charge in [-0.25, -0.2) is 4.99 Å². The lowest BCUT2D eigenvalue weighted by molar-refractivity contribution is 0.103. The Labute approximate surface area is 141 Å². The van der Waals surface area contributed by atoms with Crippen molar-refractivity contribution in [3.63, 3.8) is 0 Å². The van der Waals surface area contributed by atoms with Crippen LogP contribution in [-0.4, -0.2) is 35.0 Å². The molecule has 5 nitrogen and oxygen atoms in total. The Morgan fingerprint density at radius 2 is 2.04 bits per heavy atom. The van der Waals surface area contributed by atoms with Crippen LogP contribution in [0, 0.1) is 0 Å². The van der Waals surface area contributed by atoms with Crippen molar-refractivity contribution in [2.24, 2.45) is 4.99 Å². The molecule has 0 radical (unpaired) electrons. The van der Waals surface area contributed by atoms with Crippen LogP contribution in [0.25, 0.3) is 11.3 Å². The summed E-state index contributed by atoms with van der Waals surface area (Å²) in [5.41, 5.74) is 2.96. The third-order valence-corrected chi connectivity index (χ3v) is 4.23. The van der Waals surface area contributed by atoms with Gasteiger partial charge in [-0.15, -0.1) is 0 Å². The molecule has 0 spiro atoms. The van der Waals surface area contributed by atoms with Crippen molar-refractivity contribution in [2.45, 2.75) is 6.17 Å². The summed E-state index contributed by atoms with van der Waals surface area (Å²) in [7, 11) is 3.72. The van der Waals surface area contributed by atoms with Crippen LogP contribution in [0.15, 0.2) is 72.0 Å². The second-order valence-electron chi connectivity index (χ2n) is 5.65. The molecule has 2 aliphatic rings. The number of fused-ring (bicyclic) bond motifs is 1. The molecular weight excluding hydrogens is 300 g/mol. The number of methoxy groups -OCH3 is 1. The van der Waals surface area contributed by atoms with Gasteiger partial charge >= 0.3 is 0 Å². The van der Waals surface area contributed by atoms with E-state index in [2.05, 4.69) is 16.1 Å². The summed E-state index contributed by atoms with van der Waals surface area (Å²) in [4.78, 5) is 9.21. The zero-order valence-corrected chi connectivity index (χ0v) is 13.6. The number of aliphatic imine (C=N–C) groups is 1. The highest BCUT2D eigenvalue weighted by molar-refractivity contribution is 5.95. The smallest absolute Gasteiger partial charge is 0.147 e. The number of amidine groups is 1. The van der Waals surface area contributed by atoms with Gasteiger partial charge in [-0.3, -0.25) is 9.99 Å². The Bertz CT molecular complexity index is 842. The maximum Gasteiger partial charge on any atom is 0.147 e. The Morgan fingerprint density at radius 1 is 1.12 bits per heavy atom. The number of ether oxygens (including phenoxy) is 1. The average Bonchev–Trinajstić information content (AvgIpc) is 2.99. The maximum absolute atomic E-state index is 5.61. The van der Waals surface area contributed by atoms with Crippen LogP contribution >= 0.6 is 0 Å². The lowest BCUT2D eigenvalue weighted by Gasteiger charge is -2.27. The molecule has 0 saturated heterocycles. The summed E-state index contributed by atoms with van der Waals surface area (Å²) in [6.07, 6.45) is 9.74. The predicted molar refractivity (Wildman–Crippen MR) is 94.3 cm³/mol. The fraction of sp³-hybridized carbons (Fsp3) is 0.158. The molecule has 4 rings (SSSR count). The summed E-state index contributed by atoms with van der Waals surface area (Å²) < 4.78 is 5.61. The average molecular weight is 318 g/mol. The number of aromatic nitrogens is 1. The second-order valence-corrected chi connectivity index (χ2v) is 5.65. The molecule has 1 unspecified atom stereocenters. The molecule has 0 aliphatic carbocycles. The molecule has 0 bridgehead atoms. The van der Waals surface area contributed by atoms with Crippen molar-refractivity contribution in [1.29, 1.82) is 0 Å². The van der Waals surface area contributed by atoms with E-state index in [9.17, 15) is 0 Å². The minimum absolute atomic E-state index is 0.0703. The Morgan fingerprint density at radius 3 is 2.79 bits per heavy atom. The quantitative estimate of drug-likeness (QED) is 0.870. The topological polar surface area (TPSA) is 41.0 Å². The van der Waals surface area contributed by atoms with Crippen LogP contribution in [0.5, 0.6) is 5.75 Å². The monoisotopic (exact) mass is 318 g/mol. The van der Waals surface area contributed by atoms with E-state index in [4.69, 9.17) is 9.73 Å². The predicted octanol–water partition coefficient (Wildman–Crippen LogP) is 3.40. The van der Waals surface area contributed by atoms with Crippen molar-refractivity contribution in [2.75, 3.05) is 14.2 Å². The first-order valence-corrected chi connectivity index (χ1v) is 7.82. The first kappa shape index (κ1) is 14.7. The fourth-order valence-electron chi connectivity index (χ4n) is 3.01. The third-order valence-electron chi connectivity index (χ3n) is 4.23. The lowest BCUT2D eigenvalue weighted by Crippen LogP contribution is -2.35. The normalized spacial score (nSPS) is 19.3. The third kappa shape index (κ3) is 2.39. The number of hydrogen-bond acceptors (Lipinski definition) is 5. The highest BCUT2D eigenvalue weighted by Gasteiger charge is 2.30. The van der Waals surface area contributed by atoms with Gasteiger partial charge in [0.25, 0.3) is 0 Å². The summed E-state index contributed by atoms with van der Waals surface area (Å²) in [6.45, 7) is 0. The van der Waals surface area contributed by atoms with Gasteiger partial charge in [0.1, 0.15) is 17.8 Å². The zero-order valence-electron chi connectivity index (χ0n) is 13.6. The number of pyridine rings is 1. The Kier molecular flexibility index (Phi) is 3.63. The van der Waals surface area contributed by atoms with Gasteiger partial charge in [-0.2, -0.15) is 5.01 Å². The number of rotatable bonds is 3. The number of nitrogens with zero attached hydrogens (tertiary/aromatic N) is 4. The summed E-state index contributed by atoms with van der Waals surface area (Å²) >= 11 is 0. The fourth-order valence-corrected chi connectivity index (χ4v) is 3.01. The minimum atomic E-state index is -0.0703. The van der Waals surface area contributed by atoms with Crippen LogP contribution in [0.3, 0.4) is 0 Å². The van der Waals surface area contributed by atoms with E-state index in [1.165, 1.54) is 0 Å². The van der Waals surface area contributed by atoms with E-state index in [-0.39, 0.29) is 6.17 Å². The van der Waals surface area contributed by atoms with Crippen molar-refractivity contribution in [1.82, 2.24) is 15.0 Å². The second kappa shape index (κ2) is 5.94. The first-order valence-electron chi connectivity index (χ1n) is 7.82. The van der Waals surface area contributed by atoms with Crippen LogP contribution < -0.4 is 4.74 Å². The number of allylic oxidation sites excluding steroid dienone is 2. The zero-order chi connectivity index (χ0) is 16.5. The molecule has 24 heavy (non-hydrogen) atoms. The van der Waals surface area contributed by atoms with Crippen LogP contribution in [0.1, 0.15) is 11.7 Å². The maximum atomic E-state index is 5.61. The van der Waals surface area contributed by atoms with Crippen molar-refractivity contribution < 1.29 is 4.74 Å². The molecule has 1 aromatic carbocycles. The molecule has 2 aliphatic heterocycles. The van der Waals surface area contributed by atoms with Crippen molar-refractivity contribution >= 4 is 5.84 Å². The molecule has 1 atom stereocenters. The number of benzene rings is 1. The van der Waals surface area contributed by atoms with Crippen LogP contribution in [0.2, 0.25) is 0 Å². The lowest BCUT2D eigenvalue weighted by atomic mass is 10.1. The van der Waals surface area contributed by atoms with Crippen molar-refractivity contribution in [3.8, 4) is 17.0 Å². The molecule has 5 heteroatoms. The van der Waals surface area contributed by atoms with Gasteiger partial charge in [-0.1, -0.05) is 18.2 Å². The Hall–Kier alpha value is -2.92. The van der Waals surface area contributed by atoms with Crippen molar-refractivity contribution in [3.05, 3.63) is 72.6 Å².